The lowest BCUT2D eigenvalue weighted by molar-refractivity contribution is -0.144. The first-order valence-electron chi connectivity index (χ1n) is 10.7. The molecule has 158 valence electrons. The van der Waals surface area contributed by atoms with Crippen LogP contribution in [0, 0.1) is 13.8 Å². The number of amides is 2. The number of nitrogens with zero attached hydrogens (tertiary/aromatic N) is 3. The van der Waals surface area contributed by atoms with Crippen molar-refractivity contribution in [2.24, 2.45) is 0 Å². The first kappa shape index (κ1) is 20.4. The molecular formula is C24H29N3O3. The summed E-state index contributed by atoms with van der Waals surface area (Å²) in [5.41, 5.74) is 4.39. The van der Waals surface area contributed by atoms with E-state index in [0.29, 0.717) is 32.8 Å². The highest BCUT2D eigenvalue weighted by Crippen LogP contribution is 2.22. The van der Waals surface area contributed by atoms with Gasteiger partial charge in [-0.25, -0.2) is 0 Å². The highest BCUT2D eigenvalue weighted by atomic mass is 16.5. The number of aromatic nitrogens is 1. The first-order chi connectivity index (χ1) is 14.5. The number of rotatable bonds is 4. The molecule has 0 bridgehead atoms. The van der Waals surface area contributed by atoms with Crippen LogP contribution >= 0.6 is 0 Å². The monoisotopic (exact) mass is 407 g/mol. The molecular weight excluding hydrogens is 378 g/mol. The highest BCUT2D eigenvalue weighted by Gasteiger charge is 2.30. The Morgan fingerprint density at radius 3 is 2.40 bits per heavy atom. The third kappa shape index (κ3) is 4.19. The summed E-state index contributed by atoms with van der Waals surface area (Å²) in [4.78, 5) is 28.8. The summed E-state index contributed by atoms with van der Waals surface area (Å²) < 4.78 is 7.69. The van der Waals surface area contributed by atoms with Crippen LogP contribution in [-0.2, 0) is 14.3 Å². The van der Waals surface area contributed by atoms with Gasteiger partial charge in [0.25, 0.3) is 5.91 Å². The van der Waals surface area contributed by atoms with Crippen LogP contribution in [0.1, 0.15) is 29.8 Å². The predicted octanol–water partition coefficient (Wildman–Crippen LogP) is 2.96. The second-order valence-corrected chi connectivity index (χ2v) is 7.98. The minimum absolute atomic E-state index is 0.0104. The summed E-state index contributed by atoms with van der Waals surface area (Å²) in [5.74, 6) is 0.0622. The first-order valence-corrected chi connectivity index (χ1v) is 10.7. The second kappa shape index (κ2) is 8.88. The maximum absolute atomic E-state index is 12.7. The number of piperazine rings is 1. The fourth-order valence-corrected chi connectivity index (χ4v) is 4.32. The quantitative estimate of drug-likeness (QED) is 0.733. The van der Waals surface area contributed by atoms with Crippen LogP contribution < -0.4 is 0 Å². The molecule has 0 radical (unpaired) electrons. The van der Waals surface area contributed by atoms with Crippen LogP contribution in [0.3, 0.4) is 0 Å². The van der Waals surface area contributed by atoms with E-state index in [2.05, 4.69) is 36.6 Å². The van der Waals surface area contributed by atoms with E-state index < -0.39 is 0 Å². The number of hydrogen-bond donors (Lipinski definition) is 0. The summed E-state index contributed by atoms with van der Waals surface area (Å²) in [5, 5.41) is 0. The Morgan fingerprint density at radius 1 is 1.03 bits per heavy atom. The molecule has 2 aliphatic rings. The van der Waals surface area contributed by atoms with E-state index in [1.165, 1.54) is 0 Å². The minimum Gasteiger partial charge on any atom is -0.368 e. The van der Waals surface area contributed by atoms with E-state index in [9.17, 15) is 9.59 Å². The summed E-state index contributed by atoms with van der Waals surface area (Å²) in [6, 6.07) is 12.3. The van der Waals surface area contributed by atoms with Gasteiger partial charge in [-0.05, 0) is 56.5 Å². The van der Waals surface area contributed by atoms with Gasteiger partial charge in [0.2, 0.25) is 5.91 Å². The Bertz CT molecular complexity index is 934. The van der Waals surface area contributed by atoms with Gasteiger partial charge in [0.1, 0.15) is 6.10 Å². The van der Waals surface area contributed by atoms with Crippen molar-refractivity contribution < 1.29 is 14.3 Å². The van der Waals surface area contributed by atoms with E-state index in [1.54, 1.807) is 6.08 Å². The lowest BCUT2D eigenvalue weighted by Gasteiger charge is -2.35. The van der Waals surface area contributed by atoms with Crippen molar-refractivity contribution in [3.8, 4) is 5.69 Å². The van der Waals surface area contributed by atoms with Gasteiger partial charge in [-0.1, -0.05) is 18.2 Å². The van der Waals surface area contributed by atoms with E-state index in [4.69, 9.17) is 4.74 Å². The van der Waals surface area contributed by atoms with Crippen molar-refractivity contribution in [1.82, 2.24) is 14.4 Å². The van der Waals surface area contributed by atoms with Gasteiger partial charge in [-0.15, -0.1) is 0 Å². The molecule has 3 heterocycles. The van der Waals surface area contributed by atoms with Crippen LogP contribution in [0.5, 0.6) is 0 Å². The van der Waals surface area contributed by atoms with Gasteiger partial charge in [-0.2, -0.15) is 0 Å². The summed E-state index contributed by atoms with van der Waals surface area (Å²) in [6.07, 6.45) is 5.02. The number of carbonyl (C=O) groups is 2. The van der Waals surface area contributed by atoms with E-state index >= 15 is 0 Å². The number of para-hydroxylation sites is 1. The van der Waals surface area contributed by atoms with Crippen molar-refractivity contribution in [3.05, 3.63) is 59.4 Å². The molecule has 1 unspecified atom stereocenters. The molecule has 1 aromatic heterocycles. The third-order valence-corrected chi connectivity index (χ3v) is 6.00. The van der Waals surface area contributed by atoms with Crippen LogP contribution in [0.2, 0.25) is 0 Å². The fourth-order valence-electron chi connectivity index (χ4n) is 4.32. The third-order valence-electron chi connectivity index (χ3n) is 6.00. The number of carbonyl (C=O) groups excluding carboxylic acids is 2. The van der Waals surface area contributed by atoms with Gasteiger partial charge in [0, 0.05) is 55.9 Å². The highest BCUT2D eigenvalue weighted by molar-refractivity contribution is 5.92. The van der Waals surface area contributed by atoms with Crippen molar-refractivity contribution in [2.45, 2.75) is 32.8 Å². The Hall–Kier alpha value is -2.86. The van der Waals surface area contributed by atoms with Crippen molar-refractivity contribution in [2.75, 3.05) is 32.8 Å². The number of hydrogen-bond acceptors (Lipinski definition) is 3. The van der Waals surface area contributed by atoms with Gasteiger partial charge >= 0.3 is 0 Å². The Labute approximate surface area is 177 Å². The molecule has 0 N–H and O–H groups in total. The molecule has 0 saturated carbocycles. The SMILES string of the molecule is Cc1cc(C=CC(=O)N2CCN(C(=O)C3CCCO3)CC2)c(C)n1-c1ccccc1. The minimum atomic E-state index is -0.285. The van der Waals surface area contributed by atoms with Crippen LogP contribution in [0.15, 0.2) is 42.5 Å². The average Bonchev–Trinajstić information content (AvgIpc) is 3.40. The van der Waals surface area contributed by atoms with Crippen LogP contribution in [0.4, 0.5) is 0 Å². The van der Waals surface area contributed by atoms with Crippen molar-refractivity contribution >= 4 is 17.9 Å². The zero-order valence-electron chi connectivity index (χ0n) is 17.7. The lowest BCUT2D eigenvalue weighted by atomic mass is 10.2. The molecule has 2 saturated heterocycles. The number of benzene rings is 1. The topological polar surface area (TPSA) is 54.8 Å². The predicted molar refractivity (Wildman–Crippen MR) is 116 cm³/mol. The molecule has 2 fully saturated rings. The Morgan fingerprint density at radius 2 is 1.73 bits per heavy atom. The maximum atomic E-state index is 12.7. The normalized spacial score (nSPS) is 19.6. The van der Waals surface area contributed by atoms with E-state index in [-0.39, 0.29) is 17.9 Å². The molecule has 4 rings (SSSR count). The standard InChI is InChI=1S/C24H29N3O3/c1-18-17-20(19(2)27(18)21-7-4-3-5-8-21)10-11-23(28)25-12-14-26(15-13-25)24(29)22-9-6-16-30-22/h3-5,7-8,10-11,17,22H,6,9,12-16H2,1-2H3. The summed E-state index contributed by atoms with van der Waals surface area (Å²) >= 11 is 0. The molecule has 1 atom stereocenters. The summed E-state index contributed by atoms with van der Waals surface area (Å²) in [6.45, 7) is 7.07. The van der Waals surface area contributed by atoms with Crippen molar-refractivity contribution in [1.29, 1.82) is 0 Å². The molecule has 0 spiro atoms. The van der Waals surface area contributed by atoms with E-state index in [0.717, 1.165) is 35.5 Å². The molecule has 2 amide bonds. The van der Waals surface area contributed by atoms with E-state index in [1.807, 2.05) is 34.1 Å². The average molecular weight is 408 g/mol. The Balaban J connectivity index is 1.37. The molecule has 1 aromatic carbocycles. The van der Waals surface area contributed by atoms with Gasteiger partial charge < -0.3 is 19.1 Å². The fraction of sp³-hybridized carbons (Fsp3) is 0.417. The van der Waals surface area contributed by atoms with Gasteiger partial charge in [0.15, 0.2) is 0 Å². The molecule has 6 nitrogen and oxygen atoms in total. The molecule has 2 aromatic rings. The second-order valence-electron chi connectivity index (χ2n) is 7.98. The zero-order valence-corrected chi connectivity index (χ0v) is 17.7. The van der Waals surface area contributed by atoms with Gasteiger partial charge in [0.05, 0.1) is 0 Å². The van der Waals surface area contributed by atoms with Gasteiger partial charge in [-0.3, -0.25) is 9.59 Å². The van der Waals surface area contributed by atoms with Crippen LogP contribution in [-0.4, -0.2) is 65.1 Å². The number of ether oxygens (including phenoxy) is 1. The Kier molecular flexibility index (Phi) is 6.04. The largest absolute Gasteiger partial charge is 0.368 e. The molecule has 0 aliphatic carbocycles. The number of aryl methyl sites for hydroxylation is 1. The molecule has 30 heavy (non-hydrogen) atoms. The maximum Gasteiger partial charge on any atom is 0.251 e. The zero-order chi connectivity index (χ0) is 21.1. The smallest absolute Gasteiger partial charge is 0.251 e. The van der Waals surface area contributed by atoms with Crippen molar-refractivity contribution in [3.63, 3.8) is 0 Å². The lowest BCUT2D eigenvalue weighted by Crippen LogP contribution is -2.52. The van der Waals surface area contributed by atoms with Crippen LogP contribution in [0.25, 0.3) is 11.8 Å². The molecule has 2 aliphatic heterocycles. The summed E-state index contributed by atoms with van der Waals surface area (Å²) in [7, 11) is 0. The molecule has 6 heteroatoms.